The first-order valence-corrected chi connectivity index (χ1v) is 5.90. The Balaban J connectivity index is 1.88. The average molecular weight is 196 g/mol. The Hall–Kier alpha value is -0.570. The van der Waals surface area contributed by atoms with Gasteiger partial charge in [0.25, 0.3) is 0 Å². The maximum absolute atomic E-state index is 12.0. The van der Waals surface area contributed by atoms with Crippen LogP contribution in [-0.4, -0.2) is 36.5 Å². The van der Waals surface area contributed by atoms with E-state index in [1.807, 2.05) is 0 Å². The van der Waals surface area contributed by atoms with Crippen LogP contribution in [0.1, 0.15) is 38.5 Å². The molecule has 0 aromatic carbocycles. The second kappa shape index (κ2) is 4.78. The van der Waals surface area contributed by atoms with Gasteiger partial charge in [0.15, 0.2) is 0 Å². The smallest absolute Gasteiger partial charge is 0.239 e. The molecule has 2 fully saturated rings. The molecule has 3 nitrogen and oxygen atoms in total. The van der Waals surface area contributed by atoms with Crippen molar-refractivity contribution >= 4 is 5.91 Å². The van der Waals surface area contributed by atoms with Gasteiger partial charge in [-0.2, -0.15) is 0 Å². The Labute approximate surface area is 85.8 Å². The first-order chi connectivity index (χ1) is 6.88. The van der Waals surface area contributed by atoms with Crippen LogP contribution in [0.25, 0.3) is 0 Å². The molecular weight excluding hydrogens is 176 g/mol. The third-order valence-electron chi connectivity index (χ3n) is 3.28. The van der Waals surface area contributed by atoms with Crippen molar-refractivity contribution in [3.63, 3.8) is 0 Å². The molecule has 80 valence electrons. The summed E-state index contributed by atoms with van der Waals surface area (Å²) in [5.74, 6) is 0.351. The van der Waals surface area contributed by atoms with Crippen molar-refractivity contribution in [1.29, 1.82) is 0 Å². The molecule has 0 aromatic heterocycles. The van der Waals surface area contributed by atoms with Gasteiger partial charge in [-0.1, -0.05) is 12.8 Å². The van der Waals surface area contributed by atoms with E-state index in [2.05, 4.69) is 10.2 Å². The molecule has 3 heteroatoms. The van der Waals surface area contributed by atoms with Gasteiger partial charge in [0.2, 0.25) is 5.91 Å². The SMILES string of the molecule is O=C(C1CCCN1)N1CCCCCC1. The van der Waals surface area contributed by atoms with Crippen molar-refractivity contribution in [3.05, 3.63) is 0 Å². The lowest BCUT2D eigenvalue weighted by atomic mass is 10.2. The molecule has 2 aliphatic heterocycles. The molecule has 0 bridgehead atoms. The van der Waals surface area contributed by atoms with Crippen molar-refractivity contribution in [1.82, 2.24) is 10.2 Å². The summed E-state index contributed by atoms with van der Waals surface area (Å²) in [6.07, 6.45) is 7.17. The summed E-state index contributed by atoms with van der Waals surface area (Å²) in [4.78, 5) is 14.1. The highest BCUT2D eigenvalue weighted by atomic mass is 16.2. The minimum Gasteiger partial charge on any atom is -0.341 e. The molecular formula is C11H20N2O. The summed E-state index contributed by atoms with van der Waals surface area (Å²) in [6.45, 7) is 2.98. The van der Waals surface area contributed by atoms with Crippen LogP contribution < -0.4 is 5.32 Å². The van der Waals surface area contributed by atoms with E-state index < -0.39 is 0 Å². The Kier molecular flexibility index (Phi) is 3.40. The lowest BCUT2D eigenvalue weighted by molar-refractivity contribution is -0.133. The first-order valence-electron chi connectivity index (χ1n) is 5.90. The fourth-order valence-electron chi connectivity index (χ4n) is 2.41. The van der Waals surface area contributed by atoms with Crippen molar-refractivity contribution in [3.8, 4) is 0 Å². The molecule has 2 rings (SSSR count). The number of hydrogen-bond donors (Lipinski definition) is 1. The number of carbonyl (C=O) groups excluding carboxylic acids is 1. The maximum atomic E-state index is 12.0. The van der Waals surface area contributed by atoms with Crippen LogP contribution in [0.15, 0.2) is 0 Å². The van der Waals surface area contributed by atoms with Crippen LogP contribution in [0, 0.1) is 0 Å². The van der Waals surface area contributed by atoms with Gasteiger partial charge < -0.3 is 10.2 Å². The third kappa shape index (κ3) is 2.27. The number of nitrogens with one attached hydrogen (secondary N) is 1. The van der Waals surface area contributed by atoms with Crippen molar-refractivity contribution in [2.45, 2.75) is 44.6 Å². The van der Waals surface area contributed by atoms with Gasteiger partial charge in [-0.05, 0) is 32.2 Å². The molecule has 1 unspecified atom stereocenters. The Bertz CT molecular complexity index is 191. The van der Waals surface area contributed by atoms with Crippen LogP contribution in [0.4, 0.5) is 0 Å². The molecule has 1 N–H and O–H groups in total. The molecule has 0 radical (unpaired) electrons. The zero-order valence-electron chi connectivity index (χ0n) is 8.80. The van der Waals surface area contributed by atoms with Gasteiger partial charge in [0, 0.05) is 13.1 Å². The fourth-order valence-corrected chi connectivity index (χ4v) is 2.41. The number of likely N-dealkylation sites (tertiary alicyclic amines) is 1. The second-order valence-electron chi connectivity index (χ2n) is 4.39. The highest BCUT2D eigenvalue weighted by molar-refractivity contribution is 5.82. The van der Waals surface area contributed by atoms with E-state index in [-0.39, 0.29) is 6.04 Å². The molecule has 1 amide bonds. The first kappa shape index (κ1) is 9.97. The standard InChI is InChI=1S/C11H20N2O/c14-11(10-6-5-7-12-10)13-8-3-1-2-4-9-13/h10,12H,1-9H2. The van der Waals surface area contributed by atoms with Gasteiger partial charge in [0.05, 0.1) is 6.04 Å². The third-order valence-corrected chi connectivity index (χ3v) is 3.28. The molecule has 0 aromatic rings. The molecule has 0 saturated carbocycles. The number of hydrogen-bond acceptors (Lipinski definition) is 2. The lowest BCUT2D eigenvalue weighted by Crippen LogP contribution is -2.43. The zero-order valence-corrected chi connectivity index (χ0v) is 8.80. The summed E-state index contributed by atoms with van der Waals surface area (Å²) in [5, 5.41) is 3.28. The molecule has 0 aliphatic carbocycles. The van der Waals surface area contributed by atoms with E-state index in [9.17, 15) is 4.79 Å². The number of carbonyl (C=O) groups is 1. The van der Waals surface area contributed by atoms with Gasteiger partial charge in [0.1, 0.15) is 0 Å². The molecule has 2 aliphatic rings. The average Bonchev–Trinajstić information content (AvgIpc) is 2.59. The molecule has 2 heterocycles. The number of rotatable bonds is 1. The van der Waals surface area contributed by atoms with E-state index in [0.29, 0.717) is 5.91 Å². The van der Waals surface area contributed by atoms with Crippen LogP contribution in [0.2, 0.25) is 0 Å². The second-order valence-corrected chi connectivity index (χ2v) is 4.39. The summed E-state index contributed by atoms with van der Waals surface area (Å²) in [5.41, 5.74) is 0. The van der Waals surface area contributed by atoms with Gasteiger partial charge in [-0.3, -0.25) is 4.79 Å². The minimum atomic E-state index is 0.132. The van der Waals surface area contributed by atoms with E-state index in [1.165, 1.54) is 25.7 Å². The minimum absolute atomic E-state index is 0.132. The zero-order chi connectivity index (χ0) is 9.80. The quantitative estimate of drug-likeness (QED) is 0.682. The normalized spacial score (nSPS) is 28.9. The largest absolute Gasteiger partial charge is 0.341 e. The summed E-state index contributed by atoms with van der Waals surface area (Å²) < 4.78 is 0. The van der Waals surface area contributed by atoms with Gasteiger partial charge in [-0.25, -0.2) is 0 Å². The lowest BCUT2D eigenvalue weighted by Gasteiger charge is -2.23. The Morgan fingerprint density at radius 1 is 1.07 bits per heavy atom. The summed E-state index contributed by atoms with van der Waals surface area (Å²) in [7, 11) is 0. The Morgan fingerprint density at radius 2 is 1.79 bits per heavy atom. The molecule has 0 spiro atoms. The van der Waals surface area contributed by atoms with Crippen molar-refractivity contribution in [2.75, 3.05) is 19.6 Å². The van der Waals surface area contributed by atoms with E-state index >= 15 is 0 Å². The summed E-state index contributed by atoms with van der Waals surface area (Å²) >= 11 is 0. The van der Waals surface area contributed by atoms with Crippen LogP contribution >= 0.6 is 0 Å². The van der Waals surface area contributed by atoms with Gasteiger partial charge >= 0.3 is 0 Å². The maximum Gasteiger partial charge on any atom is 0.239 e. The molecule has 2 saturated heterocycles. The molecule has 1 atom stereocenters. The highest BCUT2D eigenvalue weighted by Gasteiger charge is 2.26. The van der Waals surface area contributed by atoms with E-state index in [0.717, 1.165) is 32.5 Å². The number of nitrogens with zero attached hydrogens (tertiary/aromatic N) is 1. The van der Waals surface area contributed by atoms with Crippen LogP contribution in [0.3, 0.4) is 0 Å². The van der Waals surface area contributed by atoms with E-state index in [1.54, 1.807) is 0 Å². The van der Waals surface area contributed by atoms with Gasteiger partial charge in [-0.15, -0.1) is 0 Å². The fraction of sp³-hybridized carbons (Fsp3) is 0.909. The number of amides is 1. The van der Waals surface area contributed by atoms with E-state index in [4.69, 9.17) is 0 Å². The molecule has 14 heavy (non-hydrogen) atoms. The van der Waals surface area contributed by atoms with Crippen LogP contribution in [0.5, 0.6) is 0 Å². The summed E-state index contributed by atoms with van der Waals surface area (Å²) in [6, 6.07) is 0.132. The highest BCUT2D eigenvalue weighted by Crippen LogP contribution is 2.14. The van der Waals surface area contributed by atoms with Crippen LogP contribution in [-0.2, 0) is 4.79 Å². The topological polar surface area (TPSA) is 32.3 Å². The van der Waals surface area contributed by atoms with Crippen molar-refractivity contribution in [2.24, 2.45) is 0 Å². The monoisotopic (exact) mass is 196 g/mol. The van der Waals surface area contributed by atoms with Crippen molar-refractivity contribution < 1.29 is 4.79 Å². The Morgan fingerprint density at radius 3 is 2.36 bits per heavy atom. The predicted molar refractivity (Wildman–Crippen MR) is 56.1 cm³/mol. The predicted octanol–water partition coefficient (Wildman–Crippen LogP) is 1.14.